The SMILES string of the molecule is O=[SH](=O)C(F)(F)C(F)(F)CCCCCCO. The van der Waals surface area contributed by atoms with Crippen LogP contribution in [0.15, 0.2) is 0 Å². The van der Waals surface area contributed by atoms with E-state index in [1.807, 2.05) is 0 Å². The van der Waals surface area contributed by atoms with Gasteiger partial charge in [-0.05, 0) is 12.8 Å². The van der Waals surface area contributed by atoms with Crippen LogP contribution in [-0.2, 0) is 10.7 Å². The van der Waals surface area contributed by atoms with Gasteiger partial charge in [-0.3, -0.25) is 0 Å². The molecule has 0 amide bonds. The first-order chi connectivity index (χ1) is 7.25. The summed E-state index contributed by atoms with van der Waals surface area (Å²) in [5.74, 6) is -4.53. The monoisotopic (exact) mass is 266 g/mol. The molecule has 0 aromatic heterocycles. The Morgan fingerprint density at radius 3 is 1.88 bits per heavy atom. The Hall–Kier alpha value is -0.370. The van der Waals surface area contributed by atoms with Crippen molar-refractivity contribution in [3.8, 4) is 0 Å². The molecule has 0 rings (SSSR count). The van der Waals surface area contributed by atoms with Gasteiger partial charge in [-0.1, -0.05) is 12.8 Å². The van der Waals surface area contributed by atoms with Gasteiger partial charge in [-0.2, -0.15) is 17.6 Å². The highest BCUT2D eigenvalue weighted by atomic mass is 32.2. The lowest BCUT2D eigenvalue weighted by molar-refractivity contribution is -0.159. The van der Waals surface area contributed by atoms with Gasteiger partial charge in [-0.15, -0.1) is 0 Å². The number of halogens is 4. The van der Waals surface area contributed by atoms with Gasteiger partial charge in [-0.25, -0.2) is 8.42 Å². The average Bonchev–Trinajstić information content (AvgIpc) is 2.16. The van der Waals surface area contributed by atoms with Crippen molar-refractivity contribution in [1.82, 2.24) is 0 Å². The van der Waals surface area contributed by atoms with Crippen molar-refractivity contribution >= 4 is 10.7 Å². The maximum atomic E-state index is 12.8. The maximum absolute atomic E-state index is 12.8. The highest BCUT2D eigenvalue weighted by Gasteiger charge is 2.58. The van der Waals surface area contributed by atoms with E-state index in [9.17, 15) is 26.0 Å². The van der Waals surface area contributed by atoms with E-state index in [1.165, 1.54) is 0 Å². The topological polar surface area (TPSA) is 54.4 Å². The van der Waals surface area contributed by atoms with Crippen LogP contribution >= 0.6 is 0 Å². The van der Waals surface area contributed by atoms with Gasteiger partial charge in [0.2, 0.25) is 10.7 Å². The largest absolute Gasteiger partial charge is 0.404 e. The lowest BCUT2D eigenvalue weighted by atomic mass is 10.1. The smallest absolute Gasteiger partial charge is 0.396 e. The number of rotatable bonds is 8. The molecule has 0 spiro atoms. The first-order valence-electron chi connectivity index (χ1n) is 4.76. The summed E-state index contributed by atoms with van der Waals surface area (Å²) in [5.41, 5.74) is 0. The summed E-state index contributed by atoms with van der Waals surface area (Å²) < 4.78 is 70.5. The summed E-state index contributed by atoms with van der Waals surface area (Å²) in [6.45, 7) is -0.0844. The molecule has 0 heterocycles. The van der Waals surface area contributed by atoms with E-state index in [1.54, 1.807) is 0 Å². The second kappa shape index (κ2) is 6.39. The van der Waals surface area contributed by atoms with Crippen molar-refractivity contribution in [1.29, 1.82) is 0 Å². The molecule has 8 heteroatoms. The first kappa shape index (κ1) is 15.6. The molecule has 98 valence electrons. The van der Waals surface area contributed by atoms with Gasteiger partial charge < -0.3 is 5.11 Å². The van der Waals surface area contributed by atoms with Gasteiger partial charge in [0.15, 0.2) is 0 Å². The van der Waals surface area contributed by atoms with Crippen LogP contribution in [0.1, 0.15) is 32.1 Å². The minimum atomic E-state index is -4.99. The number of aliphatic hydroxyl groups is 1. The molecule has 0 aromatic rings. The summed E-state index contributed by atoms with van der Waals surface area (Å²) in [5, 5.41) is 3.39. The molecule has 0 unspecified atom stereocenters. The van der Waals surface area contributed by atoms with E-state index < -0.39 is 28.3 Å². The molecule has 0 aromatic carbocycles. The van der Waals surface area contributed by atoms with Crippen molar-refractivity contribution in [2.75, 3.05) is 6.61 Å². The normalized spacial score (nSPS) is 13.4. The number of thiol groups is 1. The standard InChI is InChI=1S/C8H14F4O3S/c9-7(10,8(11,12)16(14)15)5-3-1-2-4-6-13/h13,16H,1-6H2. The predicted octanol–water partition coefficient (Wildman–Crippen LogP) is 1.77. The lowest BCUT2D eigenvalue weighted by Gasteiger charge is -2.21. The van der Waals surface area contributed by atoms with Gasteiger partial charge in [0.05, 0.1) is 0 Å². The molecule has 16 heavy (non-hydrogen) atoms. The second-order valence-electron chi connectivity index (χ2n) is 3.39. The fourth-order valence-electron chi connectivity index (χ4n) is 1.10. The Balaban J connectivity index is 4.14. The van der Waals surface area contributed by atoms with Crippen molar-refractivity contribution in [3.63, 3.8) is 0 Å². The molecule has 0 aliphatic carbocycles. The van der Waals surface area contributed by atoms with Crippen molar-refractivity contribution in [3.05, 3.63) is 0 Å². The molecule has 0 saturated carbocycles. The van der Waals surface area contributed by atoms with Crippen LogP contribution in [0.25, 0.3) is 0 Å². The van der Waals surface area contributed by atoms with E-state index in [-0.39, 0.29) is 19.4 Å². The third-order valence-corrected chi connectivity index (χ3v) is 2.85. The molecule has 0 bridgehead atoms. The highest BCUT2D eigenvalue weighted by molar-refractivity contribution is 7.73. The van der Waals surface area contributed by atoms with Crippen LogP contribution in [0.3, 0.4) is 0 Å². The summed E-state index contributed by atoms with van der Waals surface area (Å²) >= 11 is 0. The van der Waals surface area contributed by atoms with Crippen molar-refractivity contribution < 1.29 is 31.1 Å². The number of alkyl halides is 4. The van der Waals surface area contributed by atoms with Gasteiger partial charge in [0, 0.05) is 13.0 Å². The Morgan fingerprint density at radius 2 is 1.44 bits per heavy atom. The zero-order valence-corrected chi connectivity index (χ0v) is 9.36. The number of hydrogen-bond donors (Lipinski definition) is 2. The molecule has 0 radical (unpaired) electrons. The predicted molar refractivity (Wildman–Crippen MR) is 50.4 cm³/mol. The highest BCUT2D eigenvalue weighted by Crippen LogP contribution is 2.38. The van der Waals surface area contributed by atoms with Crippen LogP contribution in [0.2, 0.25) is 0 Å². The van der Waals surface area contributed by atoms with Gasteiger partial charge in [0.25, 0.3) is 0 Å². The minimum Gasteiger partial charge on any atom is -0.396 e. The molecular formula is C8H14F4O3S. The Morgan fingerprint density at radius 1 is 0.938 bits per heavy atom. The van der Waals surface area contributed by atoms with Gasteiger partial charge >= 0.3 is 11.2 Å². The fourth-order valence-corrected chi connectivity index (χ4v) is 1.48. The van der Waals surface area contributed by atoms with E-state index in [2.05, 4.69) is 0 Å². The number of hydrogen-bond acceptors (Lipinski definition) is 3. The summed E-state index contributed by atoms with van der Waals surface area (Å²) in [7, 11) is -4.48. The number of aliphatic hydroxyl groups excluding tert-OH is 1. The van der Waals surface area contributed by atoms with Crippen LogP contribution in [0.5, 0.6) is 0 Å². The van der Waals surface area contributed by atoms with E-state index in [0.717, 1.165) is 0 Å². The van der Waals surface area contributed by atoms with Crippen molar-refractivity contribution in [2.45, 2.75) is 43.3 Å². The van der Waals surface area contributed by atoms with Crippen LogP contribution in [-0.4, -0.2) is 31.3 Å². The Kier molecular flexibility index (Phi) is 6.24. The van der Waals surface area contributed by atoms with Crippen molar-refractivity contribution in [2.24, 2.45) is 0 Å². The van der Waals surface area contributed by atoms with Crippen LogP contribution < -0.4 is 0 Å². The Bertz CT molecular complexity index is 270. The zero-order valence-electron chi connectivity index (χ0n) is 8.47. The molecule has 0 aliphatic heterocycles. The Labute approximate surface area is 92.4 Å². The van der Waals surface area contributed by atoms with E-state index in [4.69, 9.17) is 5.11 Å². The fraction of sp³-hybridized carbons (Fsp3) is 1.00. The molecule has 1 N–H and O–H groups in total. The molecule has 0 saturated heterocycles. The average molecular weight is 266 g/mol. The number of unbranched alkanes of at least 4 members (excludes halogenated alkanes) is 3. The zero-order chi connectivity index (χ0) is 12.8. The maximum Gasteiger partial charge on any atom is 0.404 e. The minimum absolute atomic E-state index is 0.0844. The molecule has 3 nitrogen and oxygen atoms in total. The quantitative estimate of drug-likeness (QED) is 0.400. The summed E-state index contributed by atoms with van der Waals surface area (Å²) in [4.78, 5) is 0. The first-order valence-corrected chi connectivity index (χ1v) is 5.94. The van der Waals surface area contributed by atoms with Crippen LogP contribution in [0, 0.1) is 0 Å². The van der Waals surface area contributed by atoms with E-state index >= 15 is 0 Å². The third-order valence-electron chi connectivity index (χ3n) is 2.07. The van der Waals surface area contributed by atoms with E-state index in [0.29, 0.717) is 12.8 Å². The third kappa shape index (κ3) is 4.25. The molecular weight excluding hydrogens is 252 g/mol. The molecule has 0 aliphatic rings. The van der Waals surface area contributed by atoms with Crippen LogP contribution in [0.4, 0.5) is 17.6 Å². The molecule has 0 fully saturated rings. The second-order valence-corrected chi connectivity index (χ2v) is 4.47. The summed E-state index contributed by atoms with van der Waals surface area (Å²) in [6, 6.07) is 0. The summed E-state index contributed by atoms with van der Waals surface area (Å²) in [6.07, 6.45) is -0.262. The lowest BCUT2D eigenvalue weighted by Crippen LogP contribution is -2.41. The molecule has 0 atom stereocenters. The van der Waals surface area contributed by atoms with Gasteiger partial charge in [0.1, 0.15) is 0 Å².